The number of rotatable bonds is 4. The normalized spacial score (nSPS) is 15.7. The van der Waals surface area contributed by atoms with E-state index in [1.165, 1.54) is 7.11 Å². The smallest absolute Gasteiger partial charge is 0.374 e. The average molecular weight is 299 g/mol. The molecule has 2 aromatic rings. The third-order valence-corrected chi connectivity index (χ3v) is 4.27. The number of nitrogens with one attached hydrogen (secondary N) is 1. The summed E-state index contributed by atoms with van der Waals surface area (Å²) in [5, 5.41) is 3.38. The van der Waals surface area contributed by atoms with E-state index in [0.29, 0.717) is 11.7 Å². The van der Waals surface area contributed by atoms with Gasteiger partial charge in [0.15, 0.2) is 0 Å². The maximum absolute atomic E-state index is 12.0. The molecule has 0 spiro atoms. The molecule has 4 heteroatoms. The molecule has 0 amide bonds. The Morgan fingerprint density at radius 1 is 1.27 bits per heavy atom. The van der Waals surface area contributed by atoms with E-state index >= 15 is 0 Å². The Morgan fingerprint density at radius 2 is 2.00 bits per heavy atom. The average Bonchev–Trinajstić information content (AvgIpc) is 2.99. The van der Waals surface area contributed by atoms with Crippen molar-refractivity contribution < 1.29 is 13.9 Å². The highest BCUT2D eigenvalue weighted by Gasteiger charge is 2.24. The van der Waals surface area contributed by atoms with Gasteiger partial charge in [-0.3, -0.25) is 0 Å². The van der Waals surface area contributed by atoms with Crippen LogP contribution in [0.25, 0.3) is 11.1 Å². The second-order valence-electron chi connectivity index (χ2n) is 5.72. The standard InChI is InChI=1S/C18H21NO3/c1-21-18(20)17-16(14-5-3-2-4-6-14)15(12-22-17)11-13-7-9-19-10-8-13/h2-6,12-13,19H,7-11H2,1H3. The monoisotopic (exact) mass is 299 g/mol. The van der Waals surface area contributed by atoms with Gasteiger partial charge in [-0.15, -0.1) is 0 Å². The van der Waals surface area contributed by atoms with Gasteiger partial charge in [-0.05, 0) is 49.4 Å². The van der Waals surface area contributed by atoms with E-state index in [-0.39, 0.29) is 0 Å². The summed E-state index contributed by atoms with van der Waals surface area (Å²) in [5.41, 5.74) is 2.98. The van der Waals surface area contributed by atoms with E-state index in [4.69, 9.17) is 9.15 Å². The lowest BCUT2D eigenvalue weighted by Gasteiger charge is -2.22. The third kappa shape index (κ3) is 3.07. The largest absolute Gasteiger partial charge is 0.463 e. The molecule has 0 saturated carbocycles. The molecular weight excluding hydrogens is 278 g/mol. The first kappa shape index (κ1) is 14.9. The van der Waals surface area contributed by atoms with Gasteiger partial charge in [0.2, 0.25) is 5.76 Å². The van der Waals surface area contributed by atoms with Gasteiger partial charge in [0.05, 0.1) is 13.4 Å². The molecule has 4 nitrogen and oxygen atoms in total. The van der Waals surface area contributed by atoms with Crippen LogP contribution in [0.4, 0.5) is 0 Å². The maximum Gasteiger partial charge on any atom is 0.374 e. The number of piperidine rings is 1. The van der Waals surface area contributed by atoms with Crippen molar-refractivity contribution in [1.82, 2.24) is 5.32 Å². The first-order chi connectivity index (χ1) is 10.8. The molecule has 0 unspecified atom stereocenters. The minimum absolute atomic E-state index is 0.303. The molecule has 1 N–H and O–H groups in total. The molecule has 0 bridgehead atoms. The van der Waals surface area contributed by atoms with E-state index in [1.807, 2.05) is 30.3 Å². The van der Waals surface area contributed by atoms with Crippen LogP contribution < -0.4 is 5.32 Å². The Kier molecular flexibility index (Phi) is 4.59. The first-order valence-electron chi connectivity index (χ1n) is 7.74. The van der Waals surface area contributed by atoms with Crippen LogP contribution in [-0.4, -0.2) is 26.2 Å². The summed E-state index contributed by atoms with van der Waals surface area (Å²) in [5.74, 6) is 0.514. The van der Waals surface area contributed by atoms with Crippen molar-refractivity contribution in [2.75, 3.05) is 20.2 Å². The first-order valence-corrected chi connectivity index (χ1v) is 7.74. The zero-order chi connectivity index (χ0) is 15.4. The fourth-order valence-electron chi connectivity index (χ4n) is 3.10. The molecule has 0 aliphatic carbocycles. The molecule has 1 aliphatic heterocycles. The van der Waals surface area contributed by atoms with Gasteiger partial charge in [-0.1, -0.05) is 30.3 Å². The second kappa shape index (κ2) is 6.79. The summed E-state index contributed by atoms with van der Waals surface area (Å²) >= 11 is 0. The molecule has 2 heterocycles. The van der Waals surface area contributed by atoms with Crippen molar-refractivity contribution in [2.24, 2.45) is 5.92 Å². The SMILES string of the molecule is COC(=O)c1occ(CC2CCNCC2)c1-c1ccccc1. The molecule has 1 aromatic carbocycles. The number of carbonyl (C=O) groups is 1. The van der Waals surface area contributed by atoms with Gasteiger partial charge in [0.25, 0.3) is 0 Å². The van der Waals surface area contributed by atoms with Gasteiger partial charge >= 0.3 is 5.97 Å². The Bertz CT molecular complexity index is 627. The van der Waals surface area contributed by atoms with Gasteiger partial charge < -0.3 is 14.5 Å². The van der Waals surface area contributed by atoms with Crippen molar-refractivity contribution in [1.29, 1.82) is 0 Å². The van der Waals surface area contributed by atoms with E-state index < -0.39 is 5.97 Å². The second-order valence-corrected chi connectivity index (χ2v) is 5.72. The summed E-state index contributed by atoms with van der Waals surface area (Å²) < 4.78 is 10.4. The zero-order valence-electron chi connectivity index (χ0n) is 12.8. The van der Waals surface area contributed by atoms with Gasteiger partial charge in [0, 0.05) is 5.56 Å². The van der Waals surface area contributed by atoms with Crippen molar-refractivity contribution >= 4 is 5.97 Å². The molecule has 22 heavy (non-hydrogen) atoms. The maximum atomic E-state index is 12.0. The number of hydrogen-bond donors (Lipinski definition) is 1. The van der Waals surface area contributed by atoms with Gasteiger partial charge in [0.1, 0.15) is 0 Å². The van der Waals surface area contributed by atoms with E-state index in [1.54, 1.807) is 6.26 Å². The molecule has 1 aliphatic rings. The topological polar surface area (TPSA) is 51.5 Å². The highest BCUT2D eigenvalue weighted by atomic mass is 16.5. The van der Waals surface area contributed by atoms with Crippen LogP contribution in [-0.2, 0) is 11.2 Å². The number of methoxy groups -OCH3 is 1. The van der Waals surface area contributed by atoms with Crippen LogP contribution in [0.15, 0.2) is 41.0 Å². The van der Waals surface area contributed by atoms with Crippen molar-refractivity contribution in [3.05, 3.63) is 47.9 Å². The molecule has 1 saturated heterocycles. The highest BCUT2D eigenvalue weighted by molar-refractivity contribution is 5.95. The lowest BCUT2D eigenvalue weighted by Crippen LogP contribution is -2.28. The van der Waals surface area contributed by atoms with Crippen LogP contribution in [0.3, 0.4) is 0 Å². The third-order valence-electron chi connectivity index (χ3n) is 4.27. The molecule has 0 radical (unpaired) electrons. The summed E-state index contributed by atoms with van der Waals surface area (Å²) in [6, 6.07) is 9.91. The number of esters is 1. The predicted molar refractivity (Wildman–Crippen MR) is 84.8 cm³/mol. The lowest BCUT2D eigenvalue weighted by atomic mass is 9.88. The molecule has 1 fully saturated rings. The Morgan fingerprint density at radius 3 is 2.68 bits per heavy atom. The number of benzene rings is 1. The lowest BCUT2D eigenvalue weighted by molar-refractivity contribution is 0.0566. The molecular formula is C18H21NO3. The van der Waals surface area contributed by atoms with Crippen molar-refractivity contribution in [3.8, 4) is 11.1 Å². The zero-order valence-corrected chi connectivity index (χ0v) is 12.8. The van der Waals surface area contributed by atoms with Crippen LogP contribution in [0.5, 0.6) is 0 Å². The minimum Gasteiger partial charge on any atom is -0.463 e. The van der Waals surface area contributed by atoms with Crippen LogP contribution in [0, 0.1) is 5.92 Å². The van der Waals surface area contributed by atoms with E-state index in [0.717, 1.165) is 49.0 Å². The predicted octanol–water partition coefficient (Wildman–Crippen LogP) is 3.28. The summed E-state index contributed by atoms with van der Waals surface area (Å²) in [4.78, 5) is 12.0. The number of furan rings is 1. The number of hydrogen-bond acceptors (Lipinski definition) is 4. The molecule has 116 valence electrons. The van der Waals surface area contributed by atoms with Crippen LogP contribution in [0.2, 0.25) is 0 Å². The Hall–Kier alpha value is -2.07. The molecule has 3 rings (SSSR count). The Labute approximate surface area is 130 Å². The van der Waals surface area contributed by atoms with Gasteiger partial charge in [-0.25, -0.2) is 4.79 Å². The van der Waals surface area contributed by atoms with Crippen molar-refractivity contribution in [2.45, 2.75) is 19.3 Å². The summed E-state index contributed by atoms with van der Waals surface area (Å²) in [6.45, 7) is 2.13. The van der Waals surface area contributed by atoms with E-state index in [9.17, 15) is 4.79 Å². The molecule has 0 atom stereocenters. The summed E-state index contributed by atoms with van der Waals surface area (Å²) in [6.07, 6.45) is 4.98. The minimum atomic E-state index is -0.421. The van der Waals surface area contributed by atoms with Crippen molar-refractivity contribution in [3.63, 3.8) is 0 Å². The summed E-state index contributed by atoms with van der Waals surface area (Å²) in [7, 11) is 1.38. The molecule has 1 aromatic heterocycles. The van der Waals surface area contributed by atoms with Gasteiger partial charge in [-0.2, -0.15) is 0 Å². The fourth-order valence-corrected chi connectivity index (χ4v) is 3.10. The number of ether oxygens (including phenoxy) is 1. The van der Waals surface area contributed by atoms with Crippen LogP contribution >= 0.6 is 0 Å². The highest BCUT2D eigenvalue weighted by Crippen LogP contribution is 2.33. The fraction of sp³-hybridized carbons (Fsp3) is 0.389. The van der Waals surface area contributed by atoms with E-state index in [2.05, 4.69) is 5.32 Å². The Balaban J connectivity index is 1.95. The quantitative estimate of drug-likeness (QED) is 0.880. The van der Waals surface area contributed by atoms with Crippen LogP contribution in [0.1, 0.15) is 29.0 Å². The number of carbonyl (C=O) groups excluding carboxylic acids is 1.